The van der Waals surface area contributed by atoms with Crippen molar-refractivity contribution in [2.24, 2.45) is 10.5 Å². The van der Waals surface area contributed by atoms with E-state index in [1.807, 2.05) is 24.3 Å². The minimum Gasteiger partial charge on any atom is -0.272 e. The lowest BCUT2D eigenvalue weighted by atomic mass is 10.1. The number of halogens is 3. The summed E-state index contributed by atoms with van der Waals surface area (Å²) in [7, 11) is 0. The van der Waals surface area contributed by atoms with Crippen LogP contribution in [0.3, 0.4) is 0 Å². The molecule has 1 fully saturated rings. The molecule has 1 aliphatic rings. The second kappa shape index (κ2) is 6.77. The molecule has 22 heavy (non-hydrogen) atoms. The third-order valence-corrected chi connectivity index (χ3v) is 5.35. The normalized spacial score (nSPS) is 23.2. The van der Waals surface area contributed by atoms with Gasteiger partial charge in [0.05, 0.1) is 11.1 Å². The Kier molecular flexibility index (Phi) is 5.41. The average Bonchev–Trinajstić information content (AvgIpc) is 3.00. The Bertz CT molecular complexity index is 584. The average molecular weight is 362 g/mol. The predicted molar refractivity (Wildman–Crippen MR) is 92.8 cm³/mol. The van der Waals surface area contributed by atoms with Gasteiger partial charge in [0.2, 0.25) is 5.91 Å². The number of rotatable bonds is 6. The zero-order chi connectivity index (χ0) is 16.4. The highest BCUT2D eigenvalue weighted by Gasteiger charge is 2.68. The molecule has 6 heteroatoms. The van der Waals surface area contributed by atoms with Gasteiger partial charge in [-0.25, -0.2) is 5.43 Å². The lowest BCUT2D eigenvalue weighted by Gasteiger charge is -2.11. The van der Waals surface area contributed by atoms with Crippen molar-refractivity contribution in [1.29, 1.82) is 0 Å². The topological polar surface area (TPSA) is 41.5 Å². The molecule has 0 aliphatic heterocycles. The molecule has 1 aliphatic carbocycles. The van der Waals surface area contributed by atoms with E-state index >= 15 is 0 Å². The van der Waals surface area contributed by atoms with Crippen LogP contribution in [-0.4, -0.2) is 16.0 Å². The molecule has 0 spiro atoms. The van der Waals surface area contributed by atoms with Crippen LogP contribution in [0.25, 0.3) is 0 Å². The SMILES string of the molecule is CCCC/C(=N/NC(=O)[C@@]1(C)CC1(Cl)Cl)c1ccc(Cl)cc1. The molecule has 0 radical (unpaired) electrons. The fourth-order valence-corrected chi connectivity index (χ4v) is 2.97. The van der Waals surface area contributed by atoms with Gasteiger partial charge in [0.25, 0.3) is 0 Å². The van der Waals surface area contributed by atoms with Crippen LogP contribution in [-0.2, 0) is 4.79 Å². The molecule has 1 N–H and O–H groups in total. The van der Waals surface area contributed by atoms with Crippen molar-refractivity contribution in [2.45, 2.75) is 43.9 Å². The van der Waals surface area contributed by atoms with E-state index in [-0.39, 0.29) is 5.91 Å². The van der Waals surface area contributed by atoms with E-state index in [0.717, 1.165) is 30.5 Å². The van der Waals surface area contributed by atoms with Crippen molar-refractivity contribution in [3.05, 3.63) is 34.9 Å². The lowest BCUT2D eigenvalue weighted by molar-refractivity contribution is -0.125. The summed E-state index contributed by atoms with van der Waals surface area (Å²) in [6.45, 7) is 3.85. The summed E-state index contributed by atoms with van der Waals surface area (Å²) in [5.41, 5.74) is 3.61. The lowest BCUT2D eigenvalue weighted by Crippen LogP contribution is -2.30. The fourth-order valence-electron chi connectivity index (χ4n) is 2.14. The molecule has 120 valence electrons. The number of alkyl halides is 2. The highest BCUT2D eigenvalue weighted by molar-refractivity contribution is 6.53. The van der Waals surface area contributed by atoms with Crippen LogP contribution in [0.4, 0.5) is 0 Å². The van der Waals surface area contributed by atoms with E-state index in [4.69, 9.17) is 34.8 Å². The quantitative estimate of drug-likeness (QED) is 0.435. The highest BCUT2D eigenvalue weighted by atomic mass is 35.5. The second-order valence-electron chi connectivity index (χ2n) is 5.82. The molecule has 1 aromatic rings. The Morgan fingerprint density at radius 2 is 1.91 bits per heavy atom. The molecule has 1 saturated carbocycles. The van der Waals surface area contributed by atoms with Crippen LogP contribution < -0.4 is 5.43 Å². The van der Waals surface area contributed by atoms with Gasteiger partial charge in [0.15, 0.2) is 0 Å². The Balaban J connectivity index is 2.12. The molecule has 0 aromatic heterocycles. The Morgan fingerprint density at radius 3 is 2.41 bits per heavy atom. The maximum absolute atomic E-state index is 12.2. The fraction of sp³-hybridized carbons (Fsp3) is 0.500. The highest BCUT2D eigenvalue weighted by Crippen LogP contribution is 2.63. The van der Waals surface area contributed by atoms with Crippen molar-refractivity contribution in [3.8, 4) is 0 Å². The van der Waals surface area contributed by atoms with Gasteiger partial charge in [-0.1, -0.05) is 37.1 Å². The number of nitrogens with one attached hydrogen (secondary N) is 1. The molecule has 1 atom stereocenters. The number of carbonyl (C=O) groups is 1. The zero-order valence-electron chi connectivity index (χ0n) is 12.6. The maximum atomic E-state index is 12.2. The summed E-state index contributed by atoms with van der Waals surface area (Å²) in [4.78, 5) is 12.2. The summed E-state index contributed by atoms with van der Waals surface area (Å²) in [6.07, 6.45) is 3.26. The molecule has 1 aromatic carbocycles. The monoisotopic (exact) mass is 360 g/mol. The molecule has 0 bridgehead atoms. The van der Waals surface area contributed by atoms with Gasteiger partial charge in [0, 0.05) is 5.02 Å². The van der Waals surface area contributed by atoms with Crippen LogP contribution in [0.2, 0.25) is 5.02 Å². The van der Waals surface area contributed by atoms with Crippen LogP contribution >= 0.6 is 34.8 Å². The molecular weight excluding hydrogens is 343 g/mol. The predicted octanol–water partition coefficient (Wildman–Crippen LogP) is 4.93. The van der Waals surface area contributed by atoms with E-state index in [0.29, 0.717) is 11.4 Å². The van der Waals surface area contributed by atoms with Gasteiger partial charge in [-0.3, -0.25) is 4.79 Å². The minimum atomic E-state index is -0.990. The number of nitrogens with zero attached hydrogens (tertiary/aromatic N) is 1. The standard InChI is InChI=1S/C16H19Cl3N2O/c1-3-4-5-13(11-6-8-12(17)9-7-11)20-21-14(22)15(2)10-16(15,18)19/h6-9H,3-5,10H2,1-2H3,(H,21,22)/b20-13-/t15-/m1/s1. The smallest absolute Gasteiger partial charge is 0.249 e. The van der Waals surface area contributed by atoms with Crippen molar-refractivity contribution in [3.63, 3.8) is 0 Å². The van der Waals surface area contributed by atoms with E-state index in [1.165, 1.54) is 0 Å². The third kappa shape index (κ3) is 3.76. The second-order valence-corrected chi connectivity index (χ2v) is 7.74. The zero-order valence-corrected chi connectivity index (χ0v) is 14.9. The molecule has 3 nitrogen and oxygen atoms in total. The first-order valence-electron chi connectivity index (χ1n) is 7.31. The van der Waals surface area contributed by atoms with Gasteiger partial charge in [-0.15, -0.1) is 23.2 Å². The summed E-state index contributed by atoms with van der Waals surface area (Å²) >= 11 is 17.9. The van der Waals surface area contributed by atoms with Crippen molar-refractivity contribution in [1.82, 2.24) is 5.43 Å². The van der Waals surface area contributed by atoms with Crippen LogP contribution in [0.5, 0.6) is 0 Å². The minimum absolute atomic E-state index is 0.250. The summed E-state index contributed by atoms with van der Waals surface area (Å²) in [5.74, 6) is -0.250. The number of carbonyl (C=O) groups excluding carboxylic acids is 1. The first-order valence-corrected chi connectivity index (χ1v) is 8.44. The number of hydrogen-bond acceptors (Lipinski definition) is 2. The van der Waals surface area contributed by atoms with Crippen LogP contribution in [0.15, 0.2) is 29.4 Å². The van der Waals surface area contributed by atoms with Gasteiger partial charge < -0.3 is 0 Å². The number of hydrazone groups is 1. The van der Waals surface area contributed by atoms with E-state index in [9.17, 15) is 4.79 Å². The van der Waals surface area contributed by atoms with Crippen molar-refractivity contribution in [2.75, 3.05) is 0 Å². The Labute approximate surface area is 146 Å². The van der Waals surface area contributed by atoms with Crippen LogP contribution in [0, 0.1) is 5.41 Å². The Hall–Kier alpha value is -0.770. The number of benzene rings is 1. The molecule has 1 amide bonds. The largest absolute Gasteiger partial charge is 0.272 e. The summed E-state index contributed by atoms with van der Waals surface area (Å²) in [6, 6.07) is 7.42. The maximum Gasteiger partial charge on any atom is 0.249 e. The van der Waals surface area contributed by atoms with E-state index in [1.54, 1.807) is 6.92 Å². The van der Waals surface area contributed by atoms with Gasteiger partial charge in [0.1, 0.15) is 4.33 Å². The van der Waals surface area contributed by atoms with E-state index < -0.39 is 9.75 Å². The van der Waals surface area contributed by atoms with Crippen molar-refractivity contribution < 1.29 is 4.79 Å². The molecule has 0 heterocycles. The van der Waals surface area contributed by atoms with Gasteiger partial charge in [-0.2, -0.15) is 5.10 Å². The number of amides is 1. The molecule has 2 rings (SSSR count). The van der Waals surface area contributed by atoms with Gasteiger partial charge >= 0.3 is 0 Å². The first kappa shape index (κ1) is 17.6. The summed E-state index contributed by atoms with van der Waals surface area (Å²) in [5, 5.41) is 4.96. The number of hydrogen-bond donors (Lipinski definition) is 1. The molecular formula is C16H19Cl3N2O. The van der Waals surface area contributed by atoms with Crippen molar-refractivity contribution >= 4 is 46.4 Å². The van der Waals surface area contributed by atoms with Crippen LogP contribution in [0.1, 0.15) is 45.1 Å². The van der Waals surface area contributed by atoms with Gasteiger partial charge in [-0.05, 0) is 43.9 Å². The summed E-state index contributed by atoms with van der Waals surface area (Å²) < 4.78 is -0.990. The molecule has 0 saturated heterocycles. The van der Waals surface area contributed by atoms with E-state index in [2.05, 4.69) is 17.5 Å². The number of unbranched alkanes of at least 4 members (excludes halogenated alkanes) is 1. The Morgan fingerprint density at radius 1 is 1.32 bits per heavy atom. The third-order valence-electron chi connectivity index (χ3n) is 4.00. The molecule has 0 unspecified atom stereocenters. The first-order chi connectivity index (χ1) is 10.3.